The number of nitrogens with zero attached hydrogens (tertiary/aromatic N) is 2. The minimum atomic E-state index is -1.26. The van der Waals surface area contributed by atoms with Crippen LogP contribution < -0.4 is 15.0 Å². The maximum Gasteiger partial charge on any atom is 0.409 e. The summed E-state index contributed by atoms with van der Waals surface area (Å²) in [5.41, 5.74) is -0.184. The van der Waals surface area contributed by atoms with Gasteiger partial charge in [-0.3, -0.25) is 14.9 Å². The number of methoxy groups -OCH3 is 2. The third kappa shape index (κ3) is 8.11. The van der Waals surface area contributed by atoms with Crippen molar-refractivity contribution in [1.82, 2.24) is 10.2 Å². The number of alkyl carbamates (subject to hydrolysis) is 1. The van der Waals surface area contributed by atoms with Gasteiger partial charge in [0.1, 0.15) is 40.7 Å². The van der Waals surface area contributed by atoms with E-state index in [-0.39, 0.29) is 30.4 Å². The molecule has 1 N–H and O–H groups in total. The van der Waals surface area contributed by atoms with Gasteiger partial charge in [-0.25, -0.2) is 9.59 Å². The Morgan fingerprint density at radius 2 is 1.94 bits per heavy atom. The van der Waals surface area contributed by atoms with Crippen molar-refractivity contribution in [2.75, 3.05) is 39.8 Å². The number of epoxide rings is 1. The van der Waals surface area contributed by atoms with E-state index in [9.17, 15) is 19.2 Å². The quantitative estimate of drug-likeness (QED) is 0.314. The monoisotopic (exact) mass is 719 g/mol. The van der Waals surface area contributed by atoms with Crippen LogP contribution in [0, 0.1) is 5.92 Å². The summed E-state index contributed by atoms with van der Waals surface area (Å²) in [6.07, 6.45) is 2.32. The highest BCUT2D eigenvalue weighted by atomic mass is 35.5. The van der Waals surface area contributed by atoms with Crippen molar-refractivity contribution in [1.29, 1.82) is 0 Å². The van der Waals surface area contributed by atoms with Gasteiger partial charge < -0.3 is 38.2 Å². The van der Waals surface area contributed by atoms with Crippen LogP contribution in [0.4, 0.5) is 10.5 Å². The molecule has 2 saturated heterocycles. The molecule has 8 atom stereocenters. The first-order valence-electron chi connectivity index (χ1n) is 16.8. The maximum atomic E-state index is 14.1. The van der Waals surface area contributed by atoms with E-state index >= 15 is 0 Å². The molecule has 3 aliphatic rings. The molecule has 1 aromatic carbocycles. The molecular weight excluding hydrogens is 670 g/mol. The zero-order valence-corrected chi connectivity index (χ0v) is 31.3. The number of hydrogen-bond acceptors (Lipinski definition) is 10. The highest BCUT2D eigenvalue weighted by Crippen LogP contribution is 2.49. The van der Waals surface area contributed by atoms with Crippen molar-refractivity contribution in [2.24, 2.45) is 5.92 Å². The minimum Gasteiger partial charge on any atom is -0.495 e. The summed E-state index contributed by atoms with van der Waals surface area (Å²) in [4.78, 5) is 55.3. The molecule has 8 unspecified atom stereocenters. The first kappa shape index (κ1) is 39.1. The van der Waals surface area contributed by atoms with Gasteiger partial charge in [-0.1, -0.05) is 42.3 Å². The van der Waals surface area contributed by atoms with Crippen LogP contribution in [-0.2, 0) is 44.5 Å². The SMILES string of the molecule is CCOC12CC(OC(=O)N1)C(C)C1OC1(C)C(OC(=O)C(C)N(C)C(C)=O)CC(=O)N(C)c1cc(cc(OC)c1Cl)C/C(C)=C/C=C/C2OC. The molecule has 13 nitrogen and oxygen atoms in total. The first-order valence-corrected chi connectivity index (χ1v) is 17.1. The lowest BCUT2D eigenvalue weighted by Crippen LogP contribution is -2.65. The Labute approximate surface area is 299 Å². The highest BCUT2D eigenvalue weighted by molar-refractivity contribution is 6.35. The van der Waals surface area contributed by atoms with E-state index < -0.39 is 65.7 Å². The van der Waals surface area contributed by atoms with Gasteiger partial charge in [0.05, 0.1) is 25.3 Å². The summed E-state index contributed by atoms with van der Waals surface area (Å²) in [6, 6.07) is 2.70. The van der Waals surface area contributed by atoms with E-state index in [1.165, 1.54) is 30.9 Å². The van der Waals surface area contributed by atoms with Crippen molar-refractivity contribution in [3.63, 3.8) is 0 Å². The van der Waals surface area contributed by atoms with Crippen LogP contribution >= 0.6 is 11.6 Å². The van der Waals surface area contributed by atoms with Crippen molar-refractivity contribution in [3.05, 3.63) is 46.5 Å². The zero-order valence-electron chi connectivity index (χ0n) is 30.5. The molecule has 3 aliphatic heterocycles. The lowest BCUT2D eigenvalue weighted by atomic mass is 9.83. The Bertz CT molecular complexity index is 1530. The number of allylic oxidation sites excluding steroid dienone is 3. The number of fused-ring (bicyclic) bond motifs is 5. The summed E-state index contributed by atoms with van der Waals surface area (Å²) in [6.45, 7) is 10.6. The second-order valence-electron chi connectivity index (χ2n) is 13.4. The second-order valence-corrected chi connectivity index (χ2v) is 13.8. The van der Waals surface area contributed by atoms with Crippen LogP contribution in [0.25, 0.3) is 0 Å². The molecule has 3 heterocycles. The maximum absolute atomic E-state index is 14.1. The molecule has 3 amide bonds. The average molecular weight is 720 g/mol. The van der Waals surface area contributed by atoms with Crippen molar-refractivity contribution < 1.29 is 47.6 Å². The fourth-order valence-electron chi connectivity index (χ4n) is 6.69. The second kappa shape index (κ2) is 15.7. The molecule has 50 heavy (non-hydrogen) atoms. The lowest BCUT2D eigenvalue weighted by Gasteiger charge is -2.45. The molecule has 0 spiro atoms. The first-order chi connectivity index (χ1) is 23.5. The van der Waals surface area contributed by atoms with E-state index in [2.05, 4.69) is 5.32 Å². The van der Waals surface area contributed by atoms with Crippen LogP contribution in [0.1, 0.15) is 59.9 Å². The third-order valence-electron chi connectivity index (χ3n) is 10.0. The van der Waals surface area contributed by atoms with Gasteiger partial charge in [-0.05, 0) is 51.8 Å². The Hall–Kier alpha value is -3.65. The zero-order chi connectivity index (χ0) is 37.1. The molecule has 14 heteroatoms. The molecule has 0 aromatic heterocycles. The largest absolute Gasteiger partial charge is 0.495 e. The standard InChI is InChI=1S/C36H50ClN3O10/c1-11-47-36-19-27(48-34(44)38-36)21(3)32-35(6,50-32)29(49-33(43)22(4)39(7)23(5)41)18-30(42)40(8)25-16-24(17-26(45-9)31(25)37)15-20(2)13-12-14-28(36)46-10/h12-14,16-17,21-22,27-29,32H,11,15,18-19H2,1-10H3,(H,38,44)/b14-12+,20-13+. The molecule has 0 saturated carbocycles. The summed E-state index contributed by atoms with van der Waals surface area (Å²) < 4.78 is 35.8. The van der Waals surface area contributed by atoms with Gasteiger partial charge in [0.25, 0.3) is 0 Å². The fourth-order valence-corrected chi connectivity index (χ4v) is 7.00. The number of amides is 3. The average Bonchev–Trinajstić information content (AvgIpc) is 3.76. The van der Waals surface area contributed by atoms with Gasteiger partial charge >= 0.3 is 12.1 Å². The van der Waals surface area contributed by atoms with Crippen molar-refractivity contribution in [2.45, 2.75) is 103 Å². The molecule has 4 rings (SSSR count). The van der Waals surface area contributed by atoms with Crippen LogP contribution in [0.2, 0.25) is 5.02 Å². The Balaban J connectivity index is 1.83. The number of hydrogen-bond donors (Lipinski definition) is 1. The number of carbonyl (C=O) groups excluding carboxylic acids is 4. The summed E-state index contributed by atoms with van der Waals surface area (Å²) in [5.74, 6) is -1.47. The van der Waals surface area contributed by atoms with E-state index in [0.717, 1.165) is 11.1 Å². The number of likely N-dealkylation sites (N-methyl/N-ethyl adjacent to an activating group) is 1. The molecule has 2 fully saturated rings. The third-order valence-corrected chi connectivity index (χ3v) is 10.4. The predicted octanol–water partition coefficient (Wildman–Crippen LogP) is 4.58. The molecule has 276 valence electrons. The number of nitrogens with one attached hydrogen (secondary N) is 1. The number of benzene rings is 1. The topological polar surface area (TPSA) is 145 Å². The number of esters is 1. The van der Waals surface area contributed by atoms with Gasteiger partial charge in [0.2, 0.25) is 11.8 Å². The number of halogens is 1. The molecule has 1 aromatic rings. The number of anilines is 1. The summed E-state index contributed by atoms with van der Waals surface area (Å²) in [5, 5.41) is 3.11. The molecule has 0 radical (unpaired) electrons. The molecular formula is C36H50ClN3O10. The number of ether oxygens (including phenoxy) is 6. The minimum absolute atomic E-state index is 0.214. The summed E-state index contributed by atoms with van der Waals surface area (Å²) >= 11 is 6.75. The lowest BCUT2D eigenvalue weighted by molar-refractivity contribution is -0.173. The van der Waals surface area contributed by atoms with Gasteiger partial charge in [-0.2, -0.15) is 0 Å². The van der Waals surface area contributed by atoms with Gasteiger partial charge in [-0.15, -0.1) is 0 Å². The van der Waals surface area contributed by atoms with E-state index in [4.69, 9.17) is 40.0 Å². The Kier molecular flexibility index (Phi) is 12.3. The summed E-state index contributed by atoms with van der Waals surface area (Å²) in [7, 11) is 6.13. The van der Waals surface area contributed by atoms with E-state index in [1.807, 2.05) is 51.1 Å². The molecule has 0 aliphatic carbocycles. The Morgan fingerprint density at radius 3 is 2.56 bits per heavy atom. The number of carbonyl (C=O) groups is 4. The highest BCUT2D eigenvalue weighted by Gasteiger charge is 2.64. The van der Waals surface area contributed by atoms with Crippen LogP contribution in [0.3, 0.4) is 0 Å². The Morgan fingerprint density at radius 1 is 1.24 bits per heavy atom. The van der Waals surface area contributed by atoms with E-state index in [1.54, 1.807) is 28.0 Å². The smallest absolute Gasteiger partial charge is 0.409 e. The number of rotatable bonds is 7. The fraction of sp³-hybridized carbons (Fsp3) is 0.611. The molecule has 4 bridgehead atoms. The van der Waals surface area contributed by atoms with Crippen LogP contribution in [0.15, 0.2) is 35.9 Å². The van der Waals surface area contributed by atoms with E-state index in [0.29, 0.717) is 17.9 Å². The normalized spacial score (nSPS) is 32.3. The van der Waals surface area contributed by atoms with Crippen molar-refractivity contribution >= 4 is 41.2 Å². The van der Waals surface area contributed by atoms with Crippen LogP contribution in [0.5, 0.6) is 5.75 Å². The predicted molar refractivity (Wildman–Crippen MR) is 186 cm³/mol. The van der Waals surface area contributed by atoms with Crippen molar-refractivity contribution in [3.8, 4) is 5.75 Å². The van der Waals surface area contributed by atoms with Gasteiger partial charge in [0, 0.05) is 47.1 Å². The van der Waals surface area contributed by atoms with Crippen LogP contribution in [-0.4, -0.2) is 105 Å². The van der Waals surface area contributed by atoms with Gasteiger partial charge in [0.15, 0.2) is 5.72 Å².